The molecule has 0 spiro atoms. The Kier molecular flexibility index (Phi) is 4.83. The molecule has 0 atom stereocenters. The lowest BCUT2D eigenvalue weighted by molar-refractivity contribution is -0.139. The Bertz CT molecular complexity index is 580. The normalized spacial score (nSPS) is 10.4. The lowest BCUT2D eigenvalue weighted by Crippen LogP contribution is -1.96. The number of anilines is 2. The van der Waals surface area contributed by atoms with Gasteiger partial charge in [-0.2, -0.15) is 0 Å². The lowest BCUT2D eigenvalue weighted by Gasteiger charge is -2.04. The second kappa shape index (κ2) is 7.04. The highest BCUT2D eigenvalue weighted by Crippen LogP contribution is 2.14. The van der Waals surface area contributed by atoms with E-state index in [4.69, 9.17) is 0 Å². The Morgan fingerprint density at radius 2 is 1.95 bits per heavy atom. The predicted octanol–water partition coefficient (Wildman–Crippen LogP) is 2.80. The number of benzene rings is 1. The molecule has 0 aliphatic rings. The van der Waals surface area contributed by atoms with Crippen LogP contribution >= 0.6 is 0 Å². The molecule has 0 unspecified atom stereocenters. The van der Waals surface area contributed by atoms with Crippen molar-refractivity contribution in [3.63, 3.8) is 0 Å². The first-order chi connectivity index (χ1) is 9.78. The minimum Gasteiger partial charge on any atom is -0.469 e. The van der Waals surface area contributed by atoms with Gasteiger partial charge in [-0.15, -0.1) is 0 Å². The molecule has 0 radical (unpaired) electrons. The summed E-state index contributed by atoms with van der Waals surface area (Å²) in [7, 11) is 1.38. The Morgan fingerprint density at radius 1 is 1.25 bits per heavy atom. The van der Waals surface area contributed by atoms with Gasteiger partial charge in [0.05, 0.1) is 13.5 Å². The van der Waals surface area contributed by atoms with Crippen LogP contribution in [0.4, 0.5) is 11.6 Å². The molecule has 0 aliphatic carbocycles. The fraction of sp³-hybridized carbons (Fsp3) is 0.133. The number of hydrogen-bond donors (Lipinski definition) is 1. The first-order valence-electron chi connectivity index (χ1n) is 6.15. The minimum atomic E-state index is -0.249. The molecule has 5 heteroatoms. The number of nitrogens with zero attached hydrogens (tertiary/aromatic N) is 2. The molecule has 0 saturated heterocycles. The number of carbonyl (C=O) groups excluding carboxylic acids is 1. The van der Waals surface area contributed by atoms with Gasteiger partial charge in [-0.25, -0.2) is 9.97 Å². The average molecular weight is 269 g/mol. The summed E-state index contributed by atoms with van der Waals surface area (Å²) < 4.78 is 4.56. The van der Waals surface area contributed by atoms with Crippen LogP contribution in [-0.2, 0) is 9.53 Å². The summed E-state index contributed by atoms with van der Waals surface area (Å²) in [6, 6.07) is 9.50. The van der Waals surface area contributed by atoms with E-state index in [1.54, 1.807) is 24.5 Å². The number of rotatable bonds is 5. The van der Waals surface area contributed by atoms with E-state index in [1.165, 1.54) is 7.11 Å². The van der Waals surface area contributed by atoms with Gasteiger partial charge >= 0.3 is 5.97 Å². The van der Waals surface area contributed by atoms with Crippen molar-refractivity contribution in [1.82, 2.24) is 9.97 Å². The number of esters is 1. The maximum atomic E-state index is 11.0. The summed E-state index contributed by atoms with van der Waals surface area (Å²) in [5.74, 6) is 0.308. The van der Waals surface area contributed by atoms with E-state index in [0.29, 0.717) is 5.95 Å². The second-order valence-electron chi connectivity index (χ2n) is 4.00. The quantitative estimate of drug-likeness (QED) is 0.845. The fourth-order valence-electron chi connectivity index (χ4n) is 1.54. The summed E-state index contributed by atoms with van der Waals surface area (Å²) in [5.41, 5.74) is 1.91. The zero-order valence-corrected chi connectivity index (χ0v) is 11.1. The standard InChI is InChI=1S/C15H15N3O2/c1-20-14(19)5-2-4-12-6-8-13(9-7-12)18-15-16-10-3-11-17-15/h2-4,6-11H,5H2,1H3,(H,16,17,18). The van der Waals surface area contributed by atoms with E-state index < -0.39 is 0 Å². The lowest BCUT2D eigenvalue weighted by atomic mass is 10.2. The summed E-state index contributed by atoms with van der Waals surface area (Å²) in [4.78, 5) is 19.1. The van der Waals surface area contributed by atoms with E-state index >= 15 is 0 Å². The molecule has 0 aliphatic heterocycles. The van der Waals surface area contributed by atoms with Crippen molar-refractivity contribution in [2.45, 2.75) is 6.42 Å². The van der Waals surface area contributed by atoms with Gasteiger partial charge in [-0.3, -0.25) is 4.79 Å². The minimum absolute atomic E-state index is 0.249. The Balaban J connectivity index is 1.94. The Hall–Kier alpha value is -2.69. The molecule has 102 valence electrons. The van der Waals surface area contributed by atoms with Crippen LogP contribution in [0.5, 0.6) is 0 Å². The number of methoxy groups -OCH3 is 1. The molecule has 0 amide bonds. The van der Waals surface area contributed by atoms with Crippen LogP contribution < -0.4 is 5.32 Å². The van der Waals surface area contributed by atoms with Crippen LogP contribution in [0.3, 0.4) is 0 Å². The van der Waals surface area contributed by atoms with Gasteiger partial charge in [0, 0.05) is 18.1 Å². The summed E-state index contributed by atoms with van der Waals surface area (Å²) in [6.45, 7) is 0. The molecular weight excluding hydrogens is 254 g/mol. The topological polar surface area (TPSA) is 64.1 Å². The van der Waals surface area contributed by atoms with Crippen molar-refractivity contribution < 1.29 is 9.53 Å². The van der Waals surface area contributed by atoms with E-state index in [9.17, 15) is 4.79 Å². The third-order valence-corrected chi connectivity index (χ3v) is 2.56. The third kappa shape index (κ3) is 4.20. The monoisotopic (exact) mass is 269 g/mol. The molecule has 2 rings (SSSR count). The summed E-state index contributed by atoms with van der Waals surface area (Å²) in [5, 5.41) is 3.09. The molecule has 1 aromatic heterocycles. The van der Waals surface area contributed by atoms with Crippen molar-refractivity contribution in [1.29, 1.82) is 0 Å². The highest BCUT2D eigenvalue weighted by molar-refractivity contribution is 5.72. The molecule has 1 aromatic carbocycles. The average Bonchev–Trinajstić information content (AvgIpc) is 2.50. The maximum Gasteiger partial charge on any atom is 0.309 e. The van der Waals surface area contributed by atoms with Crippen molar-refractivity contribution in [3.05, 3.63) is 54.4 Å². The molecule has 0 saturated carbocycles. The second-order valence-corrected chi connectivity index (χ2v) is 4.00. The fourth-order valence-corrected chi connectivity index (χ4v) is 1.54. The highest BCUT2D eigenvalue weighted by Gasteiger charge is 1.97. The van der Waals surface area contributed by atoms with Crippen molar-refractivity contribution >= 4 is 23.7 Å². The molecule has 0 bridgehead atoms. The number of hydrogen-bond acceptors (Lipinski definition) is 5. The molecular formula is C15H15N3O2. The first-order valence-corrected chi connectivity index (χ1v) is 6.15. The van der Waals surface area contributed by atoms with Crippen LogP contribution in [-0.4, -0.2) is 23.0 Å². The van der Waals surface area contributed by atoms with Crippen LogP contribution in [0.1, 0.15) is 12.0 Å². The van der Waals surface area contributed by atoms with E-state index in [-0.39, 0.29) is 12.4 Å². The maximum absolute atomic E-state index is 11.0. The number of aromatic nitrogens is 2. The number of ether oxygens (including phenoxy) is 1. The smallest absolute Gasteiger partial charge is 0.309 e. The van der Waals surface area contributed by atoms with Crippen molar-refractivity contribution in [3.8, 4) is 0 Å². The predicted molar refractivity (Wildman–Crippen MR) is 77.4 cm³/mol. The Morgan fingerprint density at radius 3 is 2.60 bits per heavy atom. The molecule has 5 nitrogen and oxygen atoms in total. The van der Waals surface area contributed by atoms with Crippen LogP contribution in [0, 0.1) is 0 Å². The number of carbonyl (C=O) groups is 1. The zero-order valence-electron chi connectivity index (χ0n) is 11.1. The number of nitrogens with one attached hydrogen (secondary N) is 1. The van der Waals surface area contributed by atoms with Gasteiger partial charge in [0.15, 0.2) is 0 Å². The van der Waals surface area contributed by atoms with Crippen LogP contribution in [0.2, 0.25) is 0 Å². The molecule has 20 heavy (non-hydrogen) atoms. The third-order valence-electron chi connectivity index (χ3n) is 2.56. The first kappa shape index (κ1) is 13.7. The Labute approximate surface area is 117 Å². The largest absolute Gasteiger partial charge is 0.469 e. The van der Waals surface area contributed by atoms with Gasteiger partial charge in [-0.05, 0) is 23.8 Å². The summed E-state index contributed by atoms with van der Waals surface area (Å²) in [6.07, 6.45) is 7.28. The summed E-state index contributed by atoms with van der Waals surface area (Å²) >= 11 is 0. The van der Waals surface area contributed by atoms with Gasteiger partial charge in [0.2, 0.25) is 5.95 Å². The van der Waals surface area contributed by atoms with E-state index in [1.807, 2.05) is 30.3 Å². The molecule has 0 fully saturated rings. The van der Waals surface area contributed by atoms with Crippen LogP contribution in [0.15, 0.2) is 48.8 Å². The van der Waals surface area contributed by atoms with Gasteiger partial charge in [0.25, 0.3) is 0 Å². The van der Waals surface area contributed by atoms with Crippen molar-refractivity contribution in [2.75, 3.05) is 12.4 Å². The molecule has 1 heterocycles. The highest BCUT2D eigenvalue weighted by atomic mass is 16.5. The molecule has 2 aromatic rings. The zero-order chi connectivity index (χ0) is 14.2. The van der Waals surface area contributed by atoms with E-state index in [2.05, 4.69) is 20.0 Å². The van der Waals surface area contributed by atoms with E-state index in [0.717, 1.165) is 11.3 Å². The van der Waals surface area contributed by atoms with Gasteiger partial charge in [0.1, 0.15) is 0 Å². The van der Waals surface area contributed by atoms with Gasteiger partial charge < -0.3 is 10.1 Å². The van der Waals surface area contributed by atoms with Crippen LogP contribution in [0.25, 0.3) is 6.08 Å². The van der Waals surface area contributed by atoms with Gasteiger partial charge in [-0.1, -0.05) is 24.3 Å². The molecule has 1 N–H and O–H groups in total. The van der Waals surface area contributed by atoms with Crippen molar-refractivity contribution in [2.24, 2.45) is 0 Å². The SMILES string of the molecule is COC(=O)CC=Cc1ccc(Nc2ncccn2)cc1.